The third kappa shape index (κ3) is 3.34. The summed E-state index contributed by atoms with van der Waals surface area (Å²) in [5.74, 6) is 0. The summed E-state index contributed by atoms with van der Waals surface area (Å²) in [6.45, 7) is 3.72. The first-order chi connectivity index (χ1) is 9.61. The number of nitrogens with one attached hydrogen (secondary N) is 1. The van der Waals surface area contributed by atoms with Gasteiger partial charge in [0.25, 0.3) is 5.69 Å². The molecule has 20 heavy (non-hydrogen) atoms. The molecule has 1 N–H and O–H groups in total. The van der Waals surface area contributed by atoms with E-state index in [9.17, 15) is 10.1 Å². The predicted molar refractivity (Wildman–Crippen MR) is 77.2 cm³/mol. The maximum atomic E-state index is 10.7. The van der Waals surface area contributed by atoms with Crippen molar-refractivity contribution in [3.8, 4) is 5.69 Å². The van der Waals surface area contributed by atoms with Crippen LogP contribution in [0.3, 0.4) is 0 Å². The van der Waals surface area contributed by atoms with E-state index in [1.54, 1.807) is 16.9 Å². The molecule has 0 atom stereocenters. The Labute approximate surface area is 121 Å². The molecular formula is C13H15ClN4O2. The SMILES string of the molecule is CCCNCc1ccn(-c2ccc([N+](=O)[O-])cc2Cl)n1. The average molecular weight is 295 g/mol. The van der Waals surface area contributed by atoms with Gasteiger partial charge in [-0.2, -0.15) is 5.10 Å². The van der Waals surface area contributed by atoms with E-state index in [2.05, 4.69) is 17.3 Å². The van der Waals surface area contributed by atoms with E-state index < -0.39 is 4.92 Å². The summed E-state index contributed by atoms with van der Waals surface area (Å²) in [6, 6.07) is 6.22. The number of benzene rings is 1. The summed E-state index contributed by atoms with van der Waals surface area (Å²) >= 11 is 6.06. The van der Waals surface area contributed by atoms with E-state index in [-0.39, 0.29) is 5.69 Å². The Morgan fingerprint density at radius 3 is 2.90 bits per heavy atom. The van der Waals surface area contributed by atoms with Crippen molar-refractivity contribution < 1.29 is 4.92 Å². The average Bonchev–Trinajstić information content (AvgIpc) is 2.87. The van der Waals surface area contributed by atoms with E-state index in [1.807, 2.05) is 6.07 Å². The predicted octanol–water partition coefficient (Wildman–Crippen LogP) is 2.93. The number of nitro benzene ring substituents is 1. The van der Waals surface area contributed by atoms with Crippen molar-refractivity contribution in [3.05, 3.63) is 51.3 Å². The molecule has 0 radical (unpaired) electrons. The van der Waals surface area contributed by atoms with Crippen molar-refractivity contribution in [3.63, 3.8) is 0 Å². The second kappa shape index (κ2) is 6.49. The number of hydrogen-bond acceptors (Lipinski definition) is 4. The van der Waals surface area contributed by atoms with E-state index in [1.165, 1.54) is 12.1 Å². The lowest BCUT2D eigenvalue weighted by atomic mass is 10.3. The molecule has 0 aliphatic carbocycles. The van der Waals surface area contributed by atoms with Crippen molar-refractivity contribution in [2.24, 2.45) is 0 Å². The Bertz CT molecular complexity index is 612. The van der Waals surface area contributed by atoms with Crippen LogP contribution in [-0.2, 0) is 6.54 Å². The number of nitrogens with zero attached hydrogens (tertiary/aromatic N) is 3. The van der Waals surface area contributed by atoms with Gasteiger partial charge in [-0.3, -0.25) is 10.1 Å². The second-order valence-corrected chi connectivity index (χ2v) is 4.73. The molecule has 0 aliphatic heterocycles. The topological polar surface area (TPSA) is 73.0 Å². The van der Waals surface area contributed by atoms with Crippen molar-refractivity contribution in [2.45, 2.75) is 19.9 Å². The first-order valence-electron chi connectivity index (χ1n) is 6.31. The van der Waals surface area contributed by atoms with E-state index in [0.717, 1.165) is 18.7 Å². The molecule has 7 heteroatoms. The fourth-order valence-corrected chi connectivity index (χ4v) is 2.04. The fraction of sp³-hybridized carbons (Fsp3) is 0.308. The first-order valence-corrected chi connectivity index (χ1v) is 6.69. The smallest absolute Gasteiger partial charge is 0.271 e. The van der Waals surface area contributed by atoms with Gasteiger partial charge < -0.3 is 5.32 Å². The monoisotopic (exact) mass is 294 g/mol. The van der Waals surface area contributed by atoms with Crippen LogP contribution in [0.15, 0.2) is 30.5 Å². The first kappa shape index (κ1) is 14.5. The Balaban J connectivity index is 2.17. The zero-order valence-corrected chi connectivity index (χ0v) is 11.8. The maximum Gasteiger partial charge on any atom is 0.271 e. The summed E-state index contributed by atoms with van der Waals surface area (Å²) in [7, 11) is 0. The molecule has 0 unspecified atom stereocenters. The minimum atomic E-state index is -0.473. The van der Waals surface area contributed by atoms with Crippen LogP contribution in [0.2, 0.25) is 5.02 Å². The minimum absolute atomic E-state index is 0.0317. The molecule has 0 fully saturated rings. The molecule has 0 saturated heterocycles. The van der Waals surface area contributed by atoms with Crippen molar-refractivity contribution in [1.82, 2.24) is 15.1 Å². The van der Waals surface area contributed by atoms with Crippen LogP contribution in [0.5, 0.6) is 0 Å². The van der Waals surface area contributed by atoms with Crippen molar-refractivity contribution in [2.75, 3.05) is 6.54 Å². The van der Waals surface area contributed by atoms with Gasteiger partial charge in [-0.05, 0) is 25.1 Å². The van der Waals surface area contributed by atoms with Crippen molar-refractivity contribution in [1.29, 1.82) is 0 Å². The number of nitro groups is 1. The lowest BCUT2D eigenvalue weighted by molar-refractivity contribution is -0.384. The summed E-state index contributed by atoms with van der Waals surface area (Å²) < 4.78 is 1.62. The number of aromatic nitrogens is 2. The maximum absolute atomic E-state index is 10.7. The standard InChI is InChI=1S/C13H15ClN4O2/c1-2-6-15-9-10-5-7-17(16-10)13-4-3-11(18(19)20)8-12(13)14/h3-5,7-8,15H,2,6,9H2,1H3. The van der Waals surface area contributed by atoms with E-state index in [4.69, 9.17) is 11.6 Å². The zero-order valence-electron chi connectivity index (χ0n) is 11.0. The molecule has 0 bridgehead atoms. The molecule has 6 nitrogen and oxygen atoms in total. The minimum Gasteiger partial charge on any atom is -0.311 e. The third-order valence-corrected chi connectivity index (χ3v) is 3.07. The van der Waals surface area contributed by atoms with Crippen LogP contribution >= 0.6 is 11.6 Å². The molecule has 0 amide bonds. The molecule has 1 aromatic heterocycles. The summed E-state index contributed by atoms with van der Waals surface area (Å²) in [5, 5.41) is 18.6. The van der Waals surface area contributed by atoms with Gasteiger partial charge in [0.1, 0.15) is 0 Å². The summed E-state index contributed by atoms with van der Waals surface area (Å²) in [4.78, 5) is 10.2. The Hall–Kier alpha value is -1.92. The number of rotatable bonds is 6. The van der Waals surface area contributed by atoms with Crippen LogP contribution < -0.4 is 5.32 Å². The van der Waals surface area contributed by atoms with Crippen molar-refractivity contribution >= 4 is 17.3 Å². The molecule has 106 valence electrons. The number of non-ortho nitro benzene ring substituents is 1. The highest BCUT2D eigenvalue weighted by Crippen LogP contribution is 2.25. The second-order valence-electron chi connectivity index (χ2n) is 4.32. The number of halogens is 1. The Kier molecular flexibility index (Phi) is 4.70. The quantitative estimate of drug-likeness (QED) is 0.505. The Morgan fingerprint density at radius 2 is 2.25 bits per heavy atom. The van der Waals surface area contributed by atoms with Gasteiger partial charge in [-0.25, -0.2) is 4.68 Å². The van der Waals surface area contributed by atoms with Crippen LogP contribution in [-0.4, -0.2) is 21.2 Å². The molecule has 0 saturated carbocycles. The molecule has 0 spiro atoms. The Morgan fingerprint density at radius 1 is 1.45 bits per heavy atom. The lowest BCUT2D eigenvalue weighted by Crippen LogP contribution is -2.14. The number of hydrogen-bond donors (Lipinski definition) is 1. The molecule has 2 rings (SSSR count). The summed E-state index contributed by atoms with van der Waals surface area (Å²) in [6.07, 6.45) is 2.85. The highest BCUT2D eigenvalue weighted by molar-refractivity contribution is 6.32. The highest BCUT2D eigenvalue weighted by Gasteiger charge is 2.11. The summed E-state index contributed by atoms with van der Waals surface area (Å²) in [5.41, 5.74) is 1.49. The molecule has 1 aromatic carbocycles. The van der Waals surface area contributed by atoms with Gasteiger partial charge in [-0.15, -0.1) is 0 Å². The van der Waals surface area contributed by atoms with E-state index in [0.29, 0.717) is 17.3 Å². The normalized spacial score (nSPS) is 10.7. The highest BCUT2D eigenvalue weighted by atomic mass is 35.5. The van der Waals surface area contributed by atoms with Crippen LogP contribution in [0.25, 0.3) is 5.69 Å². The van der Waals surface area contributed by atoms with Gasteiger partial charge in [-0.1, -0.05) is 18.5 Å². The van der Waals surface area contributed by atoms with Crippen LogP contribution in [0.4, 0.5) is 5.69 Å². The lowest BCUT2D eigenvalue weighted by Gasteiger charge is -2.04. The van der Waals surface area contributed by atoms with Gasteiger partial charge in [0.2, 0.25) is 0 Å². The molecule has 0 aliphatic rings. The van der Waals surface area contributed by atoms with Gasteiger partial charge >= 0.3 is 0 Å². The van der Waals surface area contributed by atoms with Crippen LogP contribution in [0, 0.1) is 10.1 Å². The molecular weight excluding hydrogens is 280 g/mol. The van der Waals surface area contributed by atoms with Gasteiger partial charge in [0, 0.05) is 24.9 Å². The largest absolute Gasteiger partial charge is 0.311 e. The zero-order chi connectivity index (χ0) is 14.5. The van der Waals surface area contributed by atoms with E-state index >= 15 is 0 Å². The fourth-order valence-electron chi connectivity index (χ4n) is 1.78. The van der Waals surface area contributed by atoms with Crippen LogP contribution in [0.1, 0.15) is 19.0 Å². The molecule has 1 heterocycles. The molecule has 2 aromatic rings. The van der Waals surface area contributed by atoms with Gasteiger partial charge in [0.15, 0.2) is 0 Å². The third-order valence-electron chi connectivity index (χ3n) is 2.77. The van der Waals surface area contributed by atoms with Gasteiger partial charge in [0.05, 0.1) is 21.3 Å².